The normalized spacial score (nSPS) is 20.7. The van der Waals surface area contributed by atoms with Crippen LogP contribution in [0.3, 0.4) is 0 Å². The molecule has 0 aromatic carbocycles. The van der Waals surface area contributed by atoms with Crippen LogP contribution in [-0.4, -0.2) is 87.5 Å². The lowest BCUT2D eigenvalue weighted by Crippen LogP contribution is -2.54. The van der Waals surface area contributed by atoms with Gasteiger partial charge in [-0.1, -0.05) is 13.8 Å². The smallest absolute Gasteiger partial charge is 0.227 e. The molecule has 2 fully saturated rings. The second-order valence-corrected chi connectivity index (χ2v) is 10.7. The van der Waals surface area contributed by atoms with Gasteiger partial charge in [0.25, 0.3) is 0 Å². The molecule has 0 unspecified atom stereocenters. The van der Waals surface area contributed by atoms with Crippen LogP contribution in [0.2, 0.25) is 0 Å². The fraction of sp³-hybridized carbons (Fsp3) is 0.536. The fourth-order valence-electron chi connectivity index (χ4n) is 5.16. The standard InChI is InChI=1S/C28H37N7O4/c1-16(2)21-11-31-27(39-17(3)19-13-35(14-19)18(4)36)22-12-30-26(10-20(21)22)32-25-6-8-29-28(33-25)34-9-7-24(38-5)23(37)15-34/h6,8,10-12,16-17,19,23-24,37H,7,9,13-15H2,1-5H3,(H,29,30,32,33)/t17-,23+,24+/m0/s1. The van der Waals surface area contributed by atoms with Crippen LogP contribution in [0.1, 0.15) is 45.6 Å². The minimum Gasteiger partial charge on any atom is -0.474 e. The first-order valence-electron chi connectivity index (χ1n) is 13.5. The first-order valence-corrected chi connectivity index (χ1v) is 13.5. The maximum Gasteiger partial charge on any atom is 0.227 e. The Labute approximate surface area is 228 Å². The van der Waals surface area contributed by atoms with Crippen LogP contribution in [0.25, 0.3) is 10.8 Å². The Balaban J connectivity index is 1.35. The van der Waals surface area contributed by atoms with Gasteiger partial charge in [-0.05, 0) is 42.3 Å². The Morgan fingerprint density at radius 3 is 2.59 bits per heavy atom. The summed E-state index contributed by atoms with van der Waals surface area (Å²) in [7, 11) is 1.62. The van der Waals surface area contributed by atoms with Crippen molar-refractivity contribution in [2.75, 3.05) is 43.5 Å². The number of aliphatic hydroxyl groups is 1. The summed E-state index contributed by atoms with van der Waals surface area (Å²) in [6.45, 7) is 10.4. The molecule has 2 saturated heterocycles. The van der Waals surface area contributed by atoms with Crippen molar-refractivity contribution < 1.29 is 19.4 Å². The van der Waals surface area contributed by atoms with E-state index in [-0.39, 0.29) is 30.0 Å². The van der Waals surface area contributed by atoms with Gasteiger partial charge in [0.1, 0.15) is 17.7 Å². The number of ether oxygens (including phenoxy) is 2. The molecule has 5 heterocycles. The molecule has 3 aromatic heterocycles. The highest BCUT2D eigenvalue weighted by Gasteiger charge is 2.34. The van der Waals surface area contributed by atoms with E-state index in [1.165, 1.54) is 0 Å². The number of hydrogen-bond acceptors (Lipinski definition) is 10. The molecule has 208 valence electrons. The molecule has 3 aromatic rings. The van der Waals surface area contributed by atoms with Crippen LogP contribution in [0, 0.1) is 5.92 Å². The summed E-state index contributed by atoms with van der Waals surface area (Å²) >= 11 is 0. The van der Waals surface area contributed by atoms with Gasteiger partial charge in [0.15, 0.2) is 0 Å². The van der Waals surface area contributed by atoms with Gasteiger partial charge in [0, 0.05) is 64.7 Å². The number of carbonyl (C=O) groups excluding carboxylic acids is 1. The zero-order chi connectivity index (χ0) is 27.7. The quantitative estimate of drug-likeness (QED) is 0.444. The Morgan fingerprint density at radius 1 is 1.10 bits per heavy atom. The molecule has 1 amide bonds. The van der Waals surface area contributed by atoms with Gasteiger partial charge < -0.3 is 29.7 Å². The van der Waals surface area contributed by atoms with Crippen molar-refractivity contribution in [1.82, 2.24) is 24.8 Å². The van der Waals surface area contributed by atoms with Crippen LogP contribution in [0.5, 0.6) is 5.88 Å². The Bertz CT molecular complexity index is 1330. The number of pyridine rings is 2. The van der Waals surface area contributed by atoms with E-state index in [2.05, 4.69) is 39.1 Å². The highest BCUT2D eigenvalue weighted by atomic mass is 16.5. The van der Waals surface area contributed by atoms with Crippen LogP contribution >= 0.6 is 0 Å². The minimum absolute atomic E-state index is 0.0779. The summed E-state index contributed by atoms with van der Waals surface area (Å²) < 4.78 is 11.6. The predicted octanol–water partition coefficient (Wildman–Crippen LogP) is 3.12. The molecule has 2 aliphatic rings. The van der Waals surface area contributed by atoms with E-state index < -0.39 is 6.10 Å². The molecule has 39 heavy (non-hydrogen) atoms. The number of aromatic nitrogens is 4. The van der Waals surface area contributed by atoms with E-state index in [9.17, 15) is 9.90 Å². The molecule has 0 aliphatic carbocycles. The Hall–Kier alpha value is -3.57. The summed E-state index contributed by atoms with van der Waals surface area (Å²) in [5, 5.41) is 15.5. The number of aliphatic hydroxyl groups excluding tert-OH is 1. The second kappa shape index (κ2) is 11.3. The summed E-state index contributed by atoms with van der Waals surface area (Å²) in [6.07, 6.45) is 5.22. The Morgan fingerprint density at radius 2 is 1.90 bits per heavy atom. The van der Waals surface area contributed by atoms with Gasteiger partial charge in [0.05, 0.1) is 17.6 Å². The number of piperidine rings is 1. The van der Waals surface area contributed by atoms with E-state index in [1.54, 1.807) is 32.5 Å². The largest absolute Gasteiger partial charge is 0.474 e. The number of likely N-dealkylation sites (tertiary alicyclic amines) is 1. The monoisotopic (exact) mass is 535 g/mol. The maximum atomic E-state index is 11.6. The Kier molecular flexibility index (Phi) is 7.81. The van der Waals surface area contributed by atoms with Crippen molar-refractivity contribution >= 4 is 34.3 Å². The van der Waals surface area contributed by atoms with Gasteiger partial charge in [-0.2, -0.15) is 4.98 Å². The van der Waals surface area contributed by atoms with E-state index in [0.29, 0.717) is 56.1 Å². The van der Waals surface area contributed by atoms with E-state index >= 15 is 0 Å². The van der Waals surface area contributed by atoms with Crippen LogP contribution in [-0.2, 0) is 9.53 Å². The zero-order valence-electron chi connectivity index (χ0n) is 23.2. The molecular formula is C28H37N7O4. The number of nitrogens with zero attached hydrogens (tertiary/aromatic N) is 6. The molecular weight excluding hydrogens is 498 g/mol. The summed E-state index contributed by atoms with van der Waals surface area (Å²) in [5.74, 6) is 2.97. The van der Waals surface area contributed by atoms with Crippen LogP contribution in [0.4, 0.5) is 17.6 Å². The van der Waals surface area contributed by atoms with E-state index in [0.717, 1.165) is 16.3 Å². The lowest BCUT2D eigenvalue weighted by Gasteiger charge is -2.41. The van der Waals surface area contributed by atoms with Crippen molar-refractivity contribution in [3.05, 3.63) is 36.3 Å². The van der Waals surface area contributed by atoms with Gasteiger partial charge in [-0.25, -0.2) is 15.0 Å². The number of rotatable bonds is 8. The van der Waals surface area contributed by atoms with Crippen molar-refractivity contribution in [3.63, 3.8) is 0 Å². The third-order valence-corrected chi connectivity index (χ3v) is 7.71. The number of β-amino-alcohol motifs (C(OH)–C–C–N with tert-alkyl or cyclic N) is 1. The molecule has 0 saturated carbocycles. The topological polar surface area (TPSA) is 126 Å². The van der Waals surface area contributed by atoms with Crippen molar-refractivity contribution in [2.24, 2.45) is 5.92 Å². The first kappa shape index (κ1) is 27.0. The summed E-state index contributed by atoms with van der Waals surface area (Å²) in [5.41, 5.74) is 1.10. The lowest BCUT2D eigenvalue weighted by atomic mass is 9.94. The molecule has 0 spiro atoms. The predicted molar refractivity (Wildman–Crippen MR) is 148 cm³/mol. The molecule has 3 atom stereocenters. The van der Waals surface area contributed by atoms with Crippen molar-refractivity contribution in [1.29, 1.82) is 0 Å². The average Bonchev–Trinajstić information content (AvgIpc) is 2.87. The van der Waals surface area contributed by atoms with E-state index in [4.69, 9.17) is 9.47 Å². The number of anilines is 3. The number of hydrogen-bond donors (Lipinski definition) is 2. The van der Waals surface area contributed by atoms with Gasteiger partial charge in [-0.15, -0.1) is 0 Å². The lowest BCUT2D eigenvalue weighted by molar-refractivity contribution is -0.137. The molecule has 0 bridgehead atoms. The zero-order valence-corrected chi connectivity index (χ0v) is 23.2. The van der Waals surface area contributed by atoms with Gasteiger partial charge in [0.2, 0.25) is 17.7 Å². The maximum absolute atomic E-state index is 11.6. The molecule has 11 nitrogen and oxygen atoms in total. The molecule has 2 N–H and O–H groups in total. The third kappa shape index (κ3) is 5.74. The second-order valence-electron chi connectivity index (χ2n) is 10.7. The molecule has 0 radical (unpaired) electrons. The fourth-order valence-corrected chi connectivity index (χ4v) is 5.16. The average molecular weight is 536 g/mol. The first-order chi connectivity index (χ1) is 18.7. The summed E-state index contributed by atoms with van der Waals surface area (Å²) in [4.78, 5) is 33.7. The summed E-state index contributed by atoms with van der Waals surface area (Å²) in [6, 6.07) is 3.79. The number of methoxy groups -OCH3 is 1. The number of amides is 1. The van der Waals surface area contributed by atoms with Crippen molar-refractivity contribution in [2.45, 2.75) is 58.3 Å². The number of fused-ring (bicyclic) bond motifs is 1. The van der Waals surface area contributed by atoms with Gasteiger partial charge >= 0.3 is 0 Å². The van der Waals surface area contributed by atoms with E-state index in [1.807, 2.05) is 29.0 Å². The minimum atomic E-state index is -0.592. The molecule has 5 rings (SSSR count). The third-order valence-electron chi connectivity index (χ3n) is 7.71. The highest BCUT2D eigenvalue weighted by molar-refractivity contribution is 5.91. The molecule has 11 heteroatoms. The highest BCUT2D eigenvalue weighted by Crippen LogP contribution is 2.34. The van der Waals surface area contributed by atoms with Crippen LogP contribution in [0.15, 0.2) is 30.7 Å². The van der Waals surface area contributed by atoms with Crippen LogP contribution < -0.4 is 15.0 Å². The number of nitrogens with one attached hydrogen (secondary N) is 1. The SMILES string of the molecule is CO[C@@H]1CCN(c2nccc(Nc3cc4c(C(C)C)cnc(O[C@@H](C)C5CN(C(C)=O)C5)c4cn3)n2)C[C@H]1O. The molecule has 2 aliphatic heterocycles. The number of carbonyl (C=O) groups is 1. The van der Waals surface area contributed by atoms with Gasteiger partial charge in [-0.3, -0.25) is 4.79 Å². The van der Waals surface area contributed by atoms with Crippen molar-refractivity contribution in [3.8, 4) is 5.88 Å².